The molecule has 6 rings (SSSR count). The van der Waals surface area contributed by atoms with E-state index in [0.29, 0.717) is 46.3 Å². The fourth-order valence-electron chi connectivity index (χ4n) is 5.41. The topological polar surface area (TPSA) is 139 Å². The molecule has 2 amide bonds. The maximum absolute atomic E-state index is 14.2. The second kappa shape index (κ2) is 13.8. The zero-order valence-corrected chi connectivity index (χ0v) is 25.3. The molecule has 3 heterocycles. The summed E-state index contributed by atoms with van der Waals surface area (Å²) in [6, 6.07) is 14.9. The number of ether oxygens (including phenoxy) is 5. The quantitative estimate of drug-likeness (QED) is 0.248. The molecule has 0 radical (unpaired) electrons. The fraction of sp³-hybridized carbons (Fsp3) is 0.344. The van der Waals surface area contributed by atoms with Crippen LogP contribution in [0.25, 0.3) is 11.4 Å². The van der Waals surface area contributed by atoms with Gasteiger partial charge in [0, 0.05) is 25.3 Å². The first kappa shape index (κ1) is 30.8. The summed E-state index contributed by atoms with van der Waals surface area (Å²) in [4.78, 5) is 30.6. The number of fused-ring (bicyclic) bond motifs is 1. The first-order valence-corrected chi connectivity index (χ1v) is 14.7. The molecule has 2 atom stereocenters. The number of carbonyl (C=O) groups is 2. The summed E-state index contributed by atoms with van der Waals surface area (Å²) in [5, 5.41) is 15.6. The summed E-state index contributed by atoms with van der Waals surface area (Å²) in [6.07, 6.45) is 1.61. The number of benzene rings is 3. The van der Waals surface area contributed by atoms with Crippen LogP contribution in [0.15, 0.2) is 60.7 Å². The highest BCUT2D eigenvalue weighted by Gasteiger charge is 2.33. The average molecular weight is 633 g/mol. The number of amides is 2. The van der Waals surface area contributed by atoms with Crippen LogP contribution in [0.3, 0.4) is 0 Å². The third-order valence-electron chi connectivity index (χ3n) is 7.76. The number of carbonyl (C=O) groups excluding carboxylic acids is 2. The first-order valence-electron chi connectivity index (χ1n) is 14.7. The van der Waals surface area contributed by atoms with Gasteiger partial charge in [-0.25, -0.2) is 4.39 Å². The lowest BCUT2D eigenvalue weighted by Gasteiger charge is -2.32. The normalized spacial score (nSPS) is 15.8. The van der Waals surface area contributed by atoms with Gasteiger partial charge in [0.05, 0.1) is 20.3 Å². The van der Waals surface area contributed by atoms with Gasteiger partial charge in [0.1, 0.15) is 18.4 Å². The molecular weight excluding hydrogens is 599 g/mol. The summed E-state index contributed by atoms with van der Waals surface area (Å²) in [5.41, 5.74) is 1.72. The standard InChI is InChI=1S/C32H33FN6O7/c1-42-25-12-8-22(15-27(25)43-2)31-35-37-39(36-31)18-29(40)38(17-20-5-11-26-28(14-20)46-19-45-26)30(21-6-9-23(33)10-7-21)32(41)34-16-24-4-3-13-44-24/h5-12,14-15,24,30H,3-4,13,16-19H2,1-2H3,(H,34,41)/t24-,30+/m1/s1. The fourth-order valence-corrected chi connectivity index (χ4v) is 5.41. The number of aromatic nitrogens is 4. The lowest BCUT2D eigenvalue weighted by atomic mass is 10.0. The Morgan fingerprint density at radius 2 is 1.85 bits per heavy atom. The van der Waals surface area contributed by atoms with Gasteiger partial charge in [0.2, 0.25) is 24.4 Å². The summed E-state index contributed by atoms with van der Waals surface area (Å²) in [6.45, 7) is 0.685. The van der Waals surface area contributed by atoms with E-state index in [1.54, 1.807) is 36.4 Å². The number of tetrazole rings is 1. The van der Waals surface area contributed by atoms with Crippen molar-refractivity contribution >= 4 is 11.8 Å². The highest BCUT2D eigenvalue weighted by molar-refractivity contribution is 5.88. The van der Waals surface area contributed by atoms with E-state index >= 15 is 0 Å². The molecule has 0 bridgehead atoms. The van der Waals surface area contributed by atoms with Crippen LogP contribution >= 0.6 is 0 Å². The molecule has 1 saturated heterocycles. The van der Waals surface area contributed by atoms with Crippen LogP contribution < -0.4 is 24.3 Å². The maximum atomic E-state index is 14.2. The number of hydrogen-bond donors (Lipinski definition) is 1. The Morgan fingerprint density at radius 1 is 1.04 bits per heavy atom. The lowest BCUT2D eigenvalue weighted by molar-refractivity contribution is -0.142. The van der Waals surface area contributed by atoms with Crippen molar-refractivity contribution in [1.82, 2.24) is 30.4 Å². The van der Waals surface area contributed by atoms with Crippen molar-refractivity contribution in [1.29, 1.82) is 0 Å². The third-order valence-corrected chi connectivity index (χ3v) is 7.76. The van der Waals surface area contributed by atoms with Crippen LogP contribution in [0.5, 0.6) is 23.0 Å². The Hall–Kier alpha value is -5.24. The van der Waals surface area contributed by atoms with Gasteiger partial charge < -0.3 is 33.9 Å². The van der Waals surface area contributed by atoms with Gasteiger partial charge in [-0.1, -0.05) is 18.2 Å². The Bertz CT molecular complexity index is 1690. The number of rotatable bonds is 12. The number of nitrogens with zero attached hydrogens (tertiary/aromatic N) is 5. The van der Waals surface area contributed by atoms with Crippen LogP contribution in [-0.4, -0.2) is 77.2 Å². The monoisotopic (exact) mass is 632 g/mol. The number of nitrogens with one attached hydrogen (secondary N) is 1. The predicted molar refractivity (Wildman–Crippen MR) is 161 cm³/mol. The Kier molecular flexibility index (Phi) is 9.24. The summed E-state index contributed by atoms with van der Waals surface area (Å²) in [5.74, 6) is 1.02. The molecule has 0 aliphatic carbocycles. The molecule has 3 aromatic carbocycles. The Morgan fingerprint density at radius 3 is 2.61 bits per heavy atom. The van der Waals surface area contributed by atoms with Gasteiger partial charge in [-0.05, 0) is 71.6 Å². The molecule has 1 aromatic heterocycles. The molecular formula is C32H33FN6O7. The zero-order valence-electron chi connectivity index (χ0n) is 25.3. The van der Waals surface area contributed by atoms with Gasteiger partial charge in [-0.3, -0.25) is 9.59 Å². The van der Waals surface area contributed by atoms with E-state index in [1.165, 1.54) is 43.4 Å². The van der Waals surface area contributed by atoms with Crippen molar-refractivity contribution < 1.29 is 37.7 Å². The predicted octanol–water partition coefficient (Wildman–Crippen LogP) is 3.29. The van der Waals surface area contributed by atoms with Crippen molar-refractivity contribution in [2.75, 3.05) is 34.2 Å². The maximum Gasteiger partial charge on any atom is 0.247 e. The van der Waals surface area contributed by atoms with E-state index in [1.807, 2.05) is 0 Å². The van der Waals surface area contributed by atoms with Crippen LogP contribution in [0.1, 0.15) is 30.0 Å². The van der Waals surface area contributed by atoms with Crippen molar-refractivity contribution in [2.45, 2.75) is 38.1 Å². The van der Waals surface area contributed by atoms with Crippen molar-refractivity contribution in [3.63, 3.8) is 0 Å². The summed E-state index contributed by atoms with van der Waals surface area (Å²) >= 11 is 0. The largest absolute Gasteiger partial charge is 0.493 e. The molecule has 13 nitrogen and oxygen atoms in total. The molecule has 2 aliphatic rings. The van der Waals surface area contributed by atoms with Crippen LogP contribution in [-0.2, 0) is 27.4 Å². The minimum Gasteiger partial charge on any atom is -0.493 e. The highest BCUT2D eigenvalue weighted by Crippen LogP contribution is 2.34. The molecule has 0 unspecified atom stereocenters. The summed E-state index contributed by atoms with van der Waals surface area (Å²) < 4.78 is 41.3. The minimum absolute atomic E-state index is 0.0160. The molecule has 2 aliphatic heterocycles. The Balaban J connectivity index is 1.31. The van der Waals surface area contributed by atoms with E-state index in [0.717, 1.165) is 17.6 Å². The SMILES string of the molecule is COc1ccc(-c2nnn(CC(=O)N(Cc3ccc4c(c3)OCO4)[C@H](C(=O)NC[C@H]3CCCO3)c3ccc(F)cc3)n2)cc1OC. The lowest BCUT2D eigenvalue weighted by Crippen LogP contribution is -2.46. The number of halogens is 1. The molecule has 1 N–H and O–H groups in total. The minimum atomic E-state index is -1.12. The molecule has 240 valence electrons. The molecule has 0 spiro atoms. The van der Waals surface area contributed by atoms with E-state index in [9.17, 15) is 14.0 Å². The van der Waals surface area contributed by atoms with Crippen LogP contribution in [0.2, 0.25) is 0 Å². The number of hydrogen-bond acceptors (Lipinski definition) is 10. The average Bonchev–Trinajstić information content (AvgIpc) is 3.86. The molecule has 1 fully saturated rings. The van der Waals surface area contributed by atoms with E-state index in [-0.39, 0.29) is 38.4 Å². The van der Waals surface area contributed by atoms with Gasteiger partial charge in [-0.15, -0.1) is 10.2 Å². The van der Waals surface area contributed by atoms with Crippen molar-refractivity contribution in [3.05, 3.63) is 77.6 Å². The van der Waals surface area contributed by atoms with Crippen molar-refractivity contribution in [2.24, 2.45) is 0 Å². The smallest absolute Gasteiger partial charge is 0.247 e. The summed E-state index contributed by atoms with van der Waals surface area (Å²) in [7, 11) is 3.06. The molecule has 0 saturated carbocycles. The molecule has 46 heavy (non-hydrogen) atoms. The van der Waals surface area contributed by atoms with E-state index < -0.39 is 23.7 Å². The highest BCUT2D eigenvalue weighted by atomic mass is 19.1. The zero-order chi connectivity index (χ0) is 32.0. The van der Waals surface area contributed by atoms with E-state index in [4.69, 9.17) is 23.7 Å². The molecule has 4 aromatic rings. The van der Waals surface area contributed by atoms with Gasteiger partial charge in [0.15, 0.2) is 23.0 Å². The molecule has 14 heteroatoms. The van der Waals surface area contributed by atoms with Gasteiger partial charge in [0.25, 0.3) is 0 Å². The second-order valence-electron chi connectivity index (χ2n) is 10.8. The first-order chi connectivity index (χ1) is 22.4. The van der Waals surface area contributed by atoms with E-state index in [2.05, 4.69) is 20.7 Å². The third kappa shape index (κ3) is 6.86. The Labute approximate surface area is 264 Å². The number of methoxy groups -OCH3 is 2. The van der Waals surface area contributed by atoms with Gasteiger partial charge in [-0.2, -0.15) is 4.80 Å². The van der Waals surface area contributed by atoms with Gasteiger partial charge >= 0.3 is 0 Å². The van der Waals surface area contributed by atoms with Crippen LogP contribution in [0, 0.1) is 5.82 Å². The second-order valence-corrected chi connectivity index (χ2v) is 10.8. The van der Waals surface area contributed by atoms with Crippen LogP contribution in [0.4, 0.5) is 4.39 Å². The van der Waals surface area contributed by atoms with Crippen molar-refractivity contribution in [3.8, 4) is 34.4 Å².